The van der Waals surface area contributed by atoms with Crippen LogP contribution >= 0.6 is 0 Å². The van der Waals surface area contributed by atoms with E-state index >= 15 is 0 Å². The van der Waals surface area contributed by atoms with Crippen molar-refractivity contribution in [2.75, 3.05) is 5.32 Å². The Kier molecular flexibility index (Phi) is 4.63. The van der Waals surface area contributed by atoms with E-state index < -0.39 is 17.8 Å². The van der Waals surface area contributed by atoms with Crippen LogP contribution in [0.1, 0.15) is 23.1 Å². The van der Waals surface area contributed by atoms with Crippen LogP contribution in [0.25, 0.3) is 5.69 Å². The first-order chi connectivity index (χ1) is 12.0. The summed E-state index contributed by atoms with van der Waals surface area (Å²) < 4.78 is 15.5. The quantitative estimate of drug-likeness (QED) is 0.766. The summed E-state index contributed by atoms with van der Waals surface area (Å²) in [4.78, 5) is 12.4. The van der Waals surface area contributed by atoms with Crippen molar-refractivity contribution in [3.63, 3.8) is 0 Å². The van der Waals surface area contributed by atoms with Crippen LogP contribution in [0.5, 0.6) is 0 Å². The molecule has 0 fully saturated rings. The molecule has 5 nitrogen and oxygen atoms in total. The van der Waals surface area contributed by atoms with Crippen molar-refractivity contribution in [1.29, 1.82) is 0 Å². The number of carbonyl (C=O) groups excluding carboxylic acids is 1. The van der Waals surface area contributed by atoms with Crippen molar-refractivity contribution in [2.24, 2.45) is 0 Å². The van der Waals surface area contributed by atoms with Crippen molar-refractivity contribution in [3.05, 3.63) is 77.4 Å². The molecule has 0 saturated heterocycles. The topological polar surface area (TPSA) is 67.2 Å². The van der Waals surface area contributed by atoms with Crippen LogP contribution in [0.2, 0.25) is 0 Å². The van der Waals surface area contributed by atoms with Gasteiger partial charge >= 0.3 is 0 Å². The third kappa shape index (κ3) is 3.29. The van der Waals surface area contributed by atoms with E-state index in [2.05, 4.69) is 10.4 Å². The molecular weight excluding hydrogens is 321 g/mol. The number of rotatable bonds is 4. The Morgan fingerprint density at radius 3 is 2.44 bits per heavy atom. The molecule has 0 saturated carbocycles. The molecule has 0 aliphatic carbocycles. The Labute approximate surface area is 144 Å². The third-order valence-electron chi connectivity index (χ3n) is 3.98. The summed E-state index contributed by atoms with van der Waals surface area (Å²) in [5.41, 5.74) is 2.37. The van der Waals surface area contributed by atoms with Crippen molar-refractivity contribution in [2.45, 2.75) is 20.0 Å². The number of aliphatic hydroxyl groups excluding tert-OH is 1. The molecule has 0 aliphatic rings. The number of benzene rings is 2. The number of hydrogen-bond donors (Lipinski definition) is 2. The maximum absolute atomic E-state index is 14.0. The number of aliphatic hydroxyl groups is 1. The molecule has 6 heteroatoms. The Morgan fingerprint density at radius 1 is 1.12 bits per heavy atom. The molecule has 0 aliphatic heterocycles. The zero-order chi connectivity index (χ0) is 18.0. The summed E-state index contributed by atoms with van der Waals surface area (Å²) in [6, 6.07) is 14.9. The lowest BCUT2D eigenvalue weighted by Crippen LogP contribution is -2.21. The second-order valence-corrected chi connectivity index (χ2v) is 5.71. The number of halogens is 1. The van der Waals surface area contributed by atoms with Crippen LogP contribution in [0.15, 0.2) is 54.6 Å². The molecule has 0 radical (unpaired) electrons. The molecule has 1 atom stereocenters. The average molecular weight is 339 g/mol. The number of nitrogens with zero attached hydrogens (tertiary/aromatic N) is 2. The average Bonchev–Trinajstić information content (AvgIpc) is 2.90. The number of para-hydroxylation sites is 1. The Morgan fingerprint density at radius 2 is 1.76 bits per heavy atom. The van der Waals surface area contributed by atoms with E-state index in [1.807, 2.05) is 0 Å². The first-order valence-corrected chi connectivity index (χ1v) is 7.84. The smallest absolute Gasteiger partial charge is 0.257 e. The molecule has 3 rings (SSSR count). The van der Waals surface area contributed by atoms with Gasteiger partial charge in [0, 0.05) is 0 Å². The SMILES string of the molecule is Cc1nn(-c2ccccc2F)c(C)c1NC(=O)[C@H](O)c1ccccc1. The number of amides is 1. The van der Waals surface area contributed by atoms with Crippen LogP contribution in [0, 0.1) is 19.7 Å². The van der Waals surface area contributed by atoms with E-state index in [0.29, 0.717) is 28.3 Å². The minimum absolute atomic E-state index is 0.298. The van der Waals surface area contributed by atoms with Gasteiger partial charge in [-0.2, -0.15) is 5.10 Å². The molecule has 128 valence electrons. The fourth-order valence-electron chi connectivity index (χ4n) is 2.66. The molecule has 2 aromatic carbocycles. The van der Waals surface area contributed by atoms with Gasteiger partial charge in [0.15, 0.2) is 6.10 Å². The van der Waals surface area contributed by atoms with E-state index in [9.17, 15) is 14.3 Å². The lowest BCUT2D eigenvalue weighted by Gasteiger charge is -2.12. The van der Waals surface area contributed by atoms with E-state index in [4.69, 9.17) is 0 Å². The minimum Gasteiger partial charge on any atom is -0.378 e. The van der Waals surface area contributed by atoms with Gasteiger partial charge in [0.25, 0.3) is 5.91 Å². The van der Waals surface area contributed by atoms with E-state index in [1.54, 1.807) is 62.4 Å². The predicted molar refractivity (Wildman–Crippen MR) is 93.0 cm³/mol. The molecule has 2 N–H and O–H groups in total. The summed E-state index contributed by atoms with van der Waals surface area (Å²) in [7, 11) is 0. The summed E-state index contributed by atoms with van der Waals surface area (Å²) >= 11 is 0. The lowest BCUT2D eigenvalue weighted by atomic mass is 10.1. The van der Waals surface area contributed by atoms with Gasteiger partial charge in [-0.15, -0.1) is 0 Å². The molecule has 1 amide bonds. The first kappa shape index (κ1) is 16.9. The highest BCUT2D eigenvalue weighted by Gasteiger charge is 2.21. The number of hydrogen-bond acceptors (Lipinski definition) is 3. The van der Waals surface area contributed by atoms with E-state index in [0.717, 1.165) is 0 Å². The molecule has 0 unspecified atom stereocenters. The molecule has 1 heterocycles. The number of carbonyl (C=O) groups is 1. The minimum atomic E-state index is -1.29. The third-order valence-corrected chi connectivity index (χ3v) is 3.98. The zero-order valence-electron chi connectivity index (χ0n) is 13.9. The Balaban J connectivity index is 1.89. The van der Waals surface area contributed by atoms with E-state index in [-0.39, 0.29) is 0 Å². The second kappa shape index (κ2) is 6.86. The Hall–Kier alpha value is -2.99. The zero-order valence-corrected chi connectivity index (χ0v) is 13.9. The van der Waals surface area contributed by atoms with Crippen LogP contribution in [-0.4, -0.2) is 20.8 Å². The summed E-state index contributed by atoms with van der Waals surface area (Å²) in [5, 5.41) is 17.2. The number of anilines is 1. The highest BCUT2D eigenvalue weighted by molar-refractivity contribution is 5.95. The van der Waals surface area contributed by atoms with Crippen molar-refractivity contribution >= 4 is 11.6 Å². The molecule has 0 bridgehead atoms. The maximum Gasteiger partial charge on any atom is 0.257 e. The maximum atomic E-state index is 14.0. The highest BCUT2D eigenvalue weighted by atomic mass is 19.1. The fraction of sp³-hybridized carbons (Fsp3) is 0.158. The molecule has 1 aromatic heterocycles. The number of aryl methyl sites for hydroxylation is 1. The standard InChI is InChI=1S/C19H18FN3O2/c1-12-17(21-19(25)18(24)14-8-4-3-5-9-14)13(2)23(22-12)16-11-7-6-10-15(16)20/h3-11,18,24H,1-2H3,(H,21,25)/t18-/m1/s1. The summed E-state index contributed by atoms with van der Waals surface area (Å²) in [6.45, 7) is 3.45. The van der Waals surface area contributed by atoms with Gasteiger partial charge in [-0.25, -0.2) is 9.07 Å². The van der Waals surface area contributed by atoms with Crippen molar-refractivity contribution < 1.29 is 14.3 Å². The summed E-state index contributed by atoms with van der Waals surface area (Å²) in [6.07, 6.45) is -1.29. The molecule has 0 spiro atoms. The van der Waals surface area contributed by atoms with Gasteiger partial charge in [0.1, 0.15) is 11.5 Å². The predicted octanol–water partition coefficient (Wildman–Crippen LogP) is 3.30. The van der Waals surface area contributed by atoms with Crippen LogP contribution in [-0.2, 0) is 4.79 Å². The van der Waals surface area contributed by atoms with E-state index in [1.165, 1.54) is 10.7 Å². The molecular formula is C19H18FN3O2. The molecule has 3 aromatic rings. The second-order valence-electron chi connectivity index (χ2n) is 5.71. The fourth-order valence-corrected chi connectivity index (χ4v) is 2.66. The van der Waals surface area contributed by atoms with Gasteiger partial charge in [0.05, 0.1) is 17.1 Å². The van der Waals surface area contributed by atoms with Gasteiger partial charge in [-0.3, -0.25) is 4.79 Å². The van der Waals surface area contributed by atoms with Gasteiger partial charge < -0.3 is 10.4 Å². The van der Waals surface area contributed by atoms with Gasteiger partial charge in [0.2, 0.25) is 0 Å². The van der Waals surface area contributed by atoms with Crippen LogP contribution in [0.4, 0.5) is 10.1 Å². The normalized spacial score (nSPS) is 12.0. The number of nitrogens with one attached hydrogen (secondary N) is 1. The summed E-state index contributed by atoms with van der Waals surface area (Å²) in [5.74, 6) is -0.971. The van der Waals surface area contributed by atoms with Crippen molar-refractivity contribution in [3.8, 4) is 5.69 Å². The first-order valence-electron chi connectivity index (χ1n) is 7.84. The lowest BCUT2D eigenvalue weighted by molar-refractivity contribution is -0.124. The van der Waals surface area contributed by atoms with Crippen molar-refractivity contribution in [1.82, 2.24) is 9.78 Å². The molecule has 25 heavy (non-hydrogen) atoms. The van der Waals surface area contributed by atoms with Crippen LogP contribution in [0.3, 0.4) is 0 Å². The van der Waals surface area contributed by atoms with Crippen LogP contribution < -0.4 is 5.32 Å². The van der Waals surface area contributed by atoms with Gasteiger partial charge in [-0.05, 0) is 31.5 Å². The largest absolute Gasteiger partial charge is 0.378 e. The Bertz CT molecular complexity index is 906. The highest BCUT2D eigenvalue weighted by Crippen LogP contribution is 2.25. The number of aromatic nitrogens is 2. The van der Waals surface area contributed by atoms with Gasteiger partial charge in [-0.1, -0.05) is 42.5 Å². The monoisotopic (exact) mass is 339 g/mol.